The zero-order valence-electron chi connectivity index (χ0n) is 15.9. The van der Waals surface area contributed by atoms with E-state index < -0.39 is 0 Å². The van der Waals surface area contributed by atoms with E-state index in [4.69, 9.17) is 5.73 Å². The zero-order chi connectivity index (χ0) is 20.9. The molecule has 0 aliphatic carbocycles. The van der Waals surface area contributed by atoms with E-state index in [1.54, 1.807) is 30.6 Å². The number of carbonyl (C=O) groups is 1. The number of benzene rings is 2. The molecule has 6 nitrogen and oxygen atoms in total. The van der Waals surface area contributed by atoms with Crippen molar-refractivity contribution in [1.29, 1.82) is 0 Å². The number of aromatic nitrogens is 1. The Hall–Kier alpha value is -3.84. The van der Waals surface area contributed by atoms with Gasteiger partial charge in [0.2, 0.25) is 0 Å². The van der Waals surface area contributed by atoms with Gasteiger partial charge in [0.05, 0.1) is 11.4 Å². The minimum absolute atomic E-state index is 0.151. The third kappa shape index (κ3) is 4.26. The van der Waals surface area contributed by atoms with Crippen LogP contribution in [-0.4, -0.2) is 10.9 Å². The fourth-order valence-electron chi connectivity index (χ4n) is 3.04. The maximum atomic E-state index is 12.7. The Morgan fingerprint density at radius 3 is 2.53 bits per heavy atom. The summed E-state index contributed by atoms with van der Waals surface area (Å²) in [5, 5.41) is 5.81. The molecule has 0 bridgehead atoms. The van der Waals surface area contributed by atoms with E-state index in [1.165, 1.54) is 11.3 Å². The molecule has 0 unspecified atom stereocenters. The van der Waals surface area contributed by atoms with Crippen molar-refractivity contribution >= 4 is 28.6 Å². The van der Waals surface area contributed by atoms with Crippen molar-refractivity contribution < 1.29 is 4.79 Å². The van der Waals surface area contributed by atoms with Gasteiger partial charge in [-0.25, -0.2) is 0 Å². The first-order valence-electron chi connectivity index (χ1n) is 9.23. The van der Waals surface area contributed by atoms with E-state index in [0.29, 0.717) is 16.9 Å². The minimum atomic E-state index is -0.242. The summed E-state index contributed by atoms with van der Waals surface area (Å²) < 4.78 is 0. The smallest absolute Gasteiger partial charge is 0.255 e. The van der Waals surface area contributed by atoms with E-state index in [2.05, 4.69) is 15.5 Å². The SMILES string of the molecule is Nc1ccc(-c2ccc(CN=O)s2)cc1NC(=O)c1ccc(-c2cccnc2)cc1. The van der Waals surface area contributed by atoms with Crippen molar-refractivity contribution in [1.82, 2.24) is 4.98 Å². The second kappa shape index (κ2) is 8.67. The van der Waals surface area contributed by atoms with Crippen molar-refractivity contribution in [3.05, 3.63) is 94.5 Å². The summed E-state index contributed by atoms with van der Waals surface area (Å²) in [6, 6.07) is 20.4. The summed E-state index contributed by atoms with van der Waals surface area (Å²) in [4.78, 5) is 29.2. The maximum absolute atomic E-state index is 12.7. The van der Waals surface area contributed by atoms with Gasteiger partial charge in [0, 0.05) is 27.7 Å². The van der Waals surface area contributed by atoms with Gasteiger partial charge in [-0.2, -0.15) is 4.91 Å². The molecule has 3 N–H and O–H groups in total. The van der Waals surface area contributed by atoms with Crippen molar-refractivity contribution in [2.75, 3.05) is 11.1 Å². The standard InChI is InChI=1S/C23H18N4O2S/c24-20-9-7-17(22-10-8-19(30-22)14-26-29)12-21(20)27-23(28)16-5-3-15(4-6-16)18-2-1-11-25-13-18/h1-13H,14,24H2,(H,27,28). The topological polar surface area (TPSA) is 97.4 Å². The summed E-state index contributed by atoms with van der Waals surface area (Å²) >= 11 is 1.49. The van der Waals surface area contributed by atoms with Crippen LogP contribution >= 0.6 is 11.3 Å². The van der Waals surface area contributed by atoms with Gasteiger partial charge in [-0.1, -0.05) is 29.4 Å². The largest absolute Gasteiger partial charge is 0.397 e. The summed E-state index contributed by atoms with van der Waals surface area (Å²) in [5.74, 6) is -0.242. The highest BCUT2D eigenvalue weighted by molar-refractivity contribution is 7.15. The quantitative estimate of drug-likeness (QED) is 0.318. The minimum Gasteiger partial charge on any atom is -0.397 e. The fourth-order valence-corrected chi connectivity index (χ4v) is 3.96. The van der Waals surface area contributed by atoms with Gasteiger partial charge in [-0.15, -0.1) is 11.3 Å². The molecule has 0 fully saturated rings. The number of hydrogen-bond acceptors (Lipinski definition) is 6. The first-order chi connectivity index (χ1) is 14.6. The number of pyridine rings is 1. The molecule has 4 aromatic rings. The number of carbonyl (C=O) groups excluding carboxylic acids is 1. The van der Waals surface area contributed by atoms with Gasteiger partial charge in [0.1, 0.15) is 6.54 Å². The van der Waals surface area contributed by atoms with Crippen molar-refractivity contribution in [2.45, 2.75) is 6.54 Å². The Balaban J connectivity index is 1.53. The Morgan fingerprint density at radius 2 is 1.80 bits per heavy atom. The highest BCUT2D eigenvalue weighted by Gasteiger charge is 2.11. The normalized spacial score (nSPS) is 10.5. The van der Waals surface area contributed by atoms with Gasteiger partial charge in [0.25, 0.3) is 5.91 Å². The molecule has 148 valence electrons. The van der Waals surface area contributed by atoms with Crippen LogP contribution < -0.4 is 11.1 Å². The average Bonchev–Trinajstić information content (AvgIpc) is 3.25. The molecule has 0 saturated carbocycles. The Morgan fingerprint density at radius 1 is 1.00 bits per heavy atom. The van der Waals surface area contributed by atoms with Crippen LogP contribution in [0.25, 0.3) is 21.6 Å². The summed E-state index contributed by atoms with van der Waals surface area (Å²) in [6.07, 6.45) is 3.50. The average molecular weight is 414 g/mol. The Bertz CT molecular complexity index is 1190. The van der Waals surface area contributed by atoms with Gasteiger partial charge in [0.15, 0.2) is 0 Å². The molecule has 0 aliphatic heterocycles. The molecule has 2 heterocycles. The van der Waals surface area contributed by atoms with Gasteiger partial charge >= 0.3 is 0 Å². The zero-order valence-corrected chi connectivity index (χ0v) is 16.7. The van der Waals surface area contributed by atoms with E-state index in [9.17, 15) is 9.70 Å². The van der Waals surface area contributed by atoms with Crippen molar-refractivity contribution in [3.8, 4) is 21.6 Å². The molecule has 0 aliphatic rings. The molecule has 0 spiro atoms. The number of nitroso groups, excluding NO2 is 1. The number of nitrogens with two attached hydrogens (primary N) is 1. The lowest BCUT2D eigenvalue weighted by atomic mass is 10.1. The lowest BCUT2D eigenvalue weighted by Gasteiger charge is -2.10. The highest BCUT2D eigenvalue weighted by atomic mass is 32.1. The third-order valence-corrected chi connectivity index (χ3v) is 5.73. The van der Waals surface area contributed by atoms with Crippen LogP contribution in [0.1, 0.15) is 15.2 Å². The molecule has 30 heavy (non-hydrogen) atoms. The third-order valence-electron chi connectivity index (χ3n) is 4.61. The molecule has 0 atom stereocenters. The van der Waals surface area contributed by atoms with E-state index in [-0.39, 0.29) is 12.5 Å². The first-order valence-corrected chi connectivity index (χ1v) is 10.1. The summed E-state index contributed by atoms with van der Waals surface area (Å²) in [7, 11) is 0. The molecule has 4 rings (SSSR count). The predicted molar refractivity (Wildman–Crippen MR) is 121 cm³/mol. The first kappa shape index (κ1) is 19.5. The second-order valence-corrected chi connectivity index (χ2v) is 7.80. The number of thiophene rings is 1. The molecular weight excluding hydrogens is 396 g/mol. The highest BCUT2D eigenvalue weighted by Crippen LogP contribution is 2.32. The lowest BCUT2D eigenvalue weighted by molar-refractivity contribution is 0.102. The number of nitrogen functional groups attached to an aromatic ring is 1. The molecule has 7 heteroatoms. The second-order valence-electron chi connectivity index (χ2n) is 6.63. The van der Waals surface area contributed by atoms with Crippen LogP contribution in [0.2, 0.25) is 0 Å². The Labute approximate surface area is 177 Å². The van der Waals surface area contributed by atoms with Crippen LogP contribution in [0.5, 0.6) is 0 Å². The van der Waals surface area contributed by atoms with Gasteiger partial charge < -0.3 is 11.1 Å². The van der Waals surface area contributed by atoms with Gasteiger partial charge in [-0.05, 0) is 59.2 Å². The maximum Gasteiger partial charge on any atom is 0.255 e. The fraction of sp³-hybridized carbons (Fsp3) is 0.0435. The molecule has 2 aromatic carbocycles. The Kier molecular flexibility index (Phi) is 5.63. The number of nitrogens with zero attached hydrogens (tertiary/aromatic N) is 2. The predicted octanol–water partition coefficient (Wildman–Crippen LogP) is 5.58. The number of hydrogen-bond donors (Lipinski definition) is 2. The molecule has 0 saturated heterocycles. The summed E-state index contributed by atoms with van der Waals surface area (Å²) in [5.41, 5.74) is 10.5. The van der Waals surface area contributed by atoms with E-state index in [1.807, 2.05) is 48.5 Å². The van der Waals surface area contributed by atoms with Crippen molar-refractivity contribution in [3.63, 3.8) is 0 Å². The van der Waals surface area contributed by atoms with Crippen LogP contribution in [0, 0.1) is 4.91 Å². The molecule has 1 amide bonds. The van der Waals surface area contributed by atoms with Crippen LogP contribution in [-0.2, 0) is 6.54 Å². The number of anilines is 2. The lowest BCUT2D eigenvalue weighted by Crippen LogP contribution is -2.13. The monoisotopic (exact) mass is 414 g/mol. The molecular formula is C23H18N4O2S. The molecule has 0 radical (unpaired) electrons. The van der Waals surface area contributed by atoms with Crippen LogP contribution in [0.3, 0.4) is 0 Å². The summed E-state index contributed by atoms with van der Waals surface area (Å²) in [6.45, 7) is 0.151. The van der Waals surface area contributed by atoms with Crippen molar-refractivity contribution in [2.24, 2.45) is 5.18 Å². The van der Waals surface area contributed by atoms with E-state index in [0.717, 1.165) is 26.4 Å². The van der Waals surface area contributed by atoms with Crippen LogP contribution in [0.15, 0.2) is 84.3 Å². The number of amides is 1. The number of nitrogens with one attached hydrogen (secondary N) is 1. The molecule has 2 aromatic heterocycles. The van der Waals surface area contributed by atoms with E-state index >= 15 is 0 Å². The number of rotatable bonds is 6. The van der Waals surface area contributed by atoms with Crippen LogP contribution in [0.4, 0.5) is 11.4 Å². The van der Waals surface area contributed by atoms with Gasteiger partial charge in [-0.3, -0.25) is 9.78 Å².